The Morgan fingerprint density at radius 1 is 1.24 bits per heavy atom. The van der Waals surface area contributed by atoms with E-state index < -0.39 is 11.9 Å². The minimum atomic E-state index is -0.828. The lowest BCUT2D eigenvalue weighted by atomic mass is 9.84. The van der Waals surface area contributed by atoms with Crippen LogP contribution in [0, 0.1) is 17.8 Å². The molecule has 4 unspecified atom stereocenters. The SMILES string of the molecule is O=C(NC1C2CCC(C2)C1C(=O)O)c1ccc(Br)c(O)c1. The number of halogens is 1. The quantitative estimate of drug-likeness (QED) is 0.778. The second kappa shape index (κ2) is 5.33. The van der Waals surface area contributed by atoms with Gasteiger partial charge in [-0.25, -0.2) is 0 Å². The van der Waals surface area contributed by atoms with Crippen molar-refractivity contribution < 1.29 is 19.8 Å². The molecular formula is C15H16BrNO4. The lowest BCUT2D eigenvalue weighted by molar-refractivity contribution is -0.144. The molecular weight excluding hydrogens is 338 g/mol. The van der Waals surface area contributed by atoms with E-state index in [4.69, 9.17) is 0 Å². The maximum atomic E-state index is 12.3. The summed E-state index contributed by atoms with van der Waals surface area (Å²) in [5.41, 5.74) is 0.336. The summed E-state index contributed by atoms with van der Waals surface area (Å²) >= 11 is 3.16. The predicted octanol–water partition coefficient (Wildman–Crippen LogP) is 2.38. The van der Waals surface area contributed by atoms with Crippen LogP contribution >= 0.6 is 15.9 Å². The van der Waals surface area contributed by atoms with Crippen molar-refractivity contribution in [1.82, 2.24) is 5.32 Å². The number of aromatic hydroxyl groups is 1. The second-order valence-electron chi connectivity index (χ2n) is 5.86. The summed E-state index contributed by atoms with van der Waals surface area (Å²) in [4.78, 5) is 23.7. The van der Waals surface area contributed by atoms with Crippen molar-refractivity contribution in [1.29, 1.82) is 0 Å². The number of aliphatic carboxylic acids is 1. The Hall–Kier alpha value is -1.56. The highest BCUT2D eigenvalue weighted by Crippen LogP contribution is 2.48. The molecule has 0 saturated heterocycles. The predicted molar refractivity (Wildman–Crippen MR) is 79.0 cm³/mol. The van der Waals surface area contributed by atoms with Crippen molar-refractivity contribution >= 4 is 27.8 Å². The molecule has 0 aromatic heterocycles. The zero-order valence-corrected chi connectivity index (χ0v) is 12.8. The number of benzene rings is 1. The zero-order chi connectivity index (χ0) is 15.1. The third-order valence-electron chi connectivity index (χ3n) is 4.71. The number of amides is 1. The molecule has 3 rings (SSSR count). The van der Waals surface area contributed by atoms with Gasteiger partial charge < -0.3 is 15.5 Å². The van der Waals surface area contributed by atoms with E-state index >= 15 is 0 Å². The minimum Gasteiger partial charge on any atom is -0.507 e. The first-order valence-electron chi connectivity index (χ1n) is 6.99. The molecule has 0 aliphatic heterocycles. The Labute approximate surface area is 130 Å². The van der Waals surface area contributed by atoms with Gasteiger partial charge in [-0.05, 0) is 65.2 Å². The van der Waals surface area contributed by atoms with Crippen LogP contribution in [0.1, 0.15) is 29.6 Å². The van der Waals surface area contributed by atoms with Crippen molar-refractivity contribution in [2.75, 3.05) is 0 Å². The fourth-order valence-electron chi connectivity index (χ4n) is 3.74. The molecule has 6 heteroatoms. The van der Waals surface area contributed by atoms with E-state index in [2.05, 4.69) is 21.2 Å². The Morgan fingerprint density at radius 2 is 1.95 bits per heavy atom. The standard InChI is InChI=1S/C15H16BrNO4/c16-10-4-3-9(6-11(10)18)14(19)17-13-8-2-1-7(5-8)12(13)15(20)21/h3-4,6-8,12-13,18H,1-2,5H2,(H,17,19)(H,20,21). The topological polar surface area (TPSA) is 86.6 Å². The molecule has 2 aliphatic carbocycles. The van der Waals surface area contributed by atoms with Gasteiger partial charge in [0, 0.05) is 11.6 Å². The van der Waals surface area contributed by atoms with Crippen LogP contribution in [0.4, 0.5) is 0 Å². The monoisotopic (exact) mass is 353 g/mol. The molecule has 2 fully saturated rings. The first-order valence-corrected chi connectivity index (χ1v) is 7.79. The third-order valence-corrected chi connectivity index (χ3v) is 5.38. The lowest BCUT2D eigenvalue weighted by Crippen LogP contribution is -2.46. The van der Waals surface area contributed by atoms with Crippen molar-refractivity contribution in [3.8, 4) is 5.75 Å². The van der Waals surface area contributed by atoms with Gasteiger partial charge in [0.05, 0.1) is 10.4 Å². The molecule has 2 aliphatic rings. The zero-order valence-electron chi connectivity index (χ0n) is 11.3. The summed E-state index contributed by atoms with van der Waals surface area (Å²) in [5, 5.41) is 21.9. The highest BCUT2D eigenvalue weighted by Gasteiger charge is 2.51. The molecule has 2 saturated carbocycles. The number of phenols is 1. The molecule has 4 atom stereocenters. The first-order chi connectivity index (χ1) is 9.97. The van der Waals surface area contributed by atoms with E-state index in [1.165, 1.54) is 6.07 Å². The number of carbonyl (C=O) groups is 2. The van der Waals surface area contributed by atoms with Crippen LogP contribution in [-0.2, 0) is 4.79 Å². The molecule has 3 N–H and O–H groups in total. The van der Waals surface area contributed by atoms with Crippen LogP contribution < -0.4 is 5.32 Å². The number of hydrogen-bond acceptors (Lipinski definition) is 3. The van der Waals surface area contributed by atoms with Crippen LogP contribution in [0.25, 0.3) is 0 Å². The Balaban J connectivity index is 1.77. The fourth-order valence-corrected chi connectivity index (χ4v) is 3.99. The number of carbonyl (C=O) groups excluding carboxylic acids is 1. The Kier molecular flexibility index (Phi) is 3.65. The van der Waals surface area contributed by atoms with Gasteiger partial charge in [0.25, 0.3) is 5.91 Å². The number of hydrogen-bond donors (Lipinski definition) is 3. The van der Waals surface area contributed by atoms with E-state index in [9.17, 15) is 19.8 Å². The molecule has 1 aromatic carbocycles. The lowest BCUT2D eigenvalue weighted by Gasteiger charge is -2.28. The maximum absolute atomic E-state index is 12.3. The van der Waals surface area contributed by atoms with Crippen LogP contribution in [0.2, 0.25) is 0 Å². The number of nitrogens with one attached hydrogen (secondary N) is 1. The van der Waals surface area contributed by atoms with Crippen LogP contribution in [-0.4, -0.2) is 28.1 Å². The first kappa shape index (κ1) is 14.4. The van der Waals surface area contributed by atoms with Gasteiger partial charge in [0.1, 0.15) is 5.75 Å². The van der Waals surface area contributed by atoms with Gasteiger partial charge >= 0.3 is 5.97 Å². The van der Waals surface area contributed by atoms with Crippen LogP contribution in [0.15, 0.2) is 22.7 Å². The second-order valence-corrected chi connectivity index (χ2v) is 6.72. The molecule has 2 bridgehead atoms. The summed E-state index contributed by atoms with van der Waals surface area (Å²) in [7, 11) is 0. The number of fused-ring (bicyclic) bond motifs is 2. The highest BCUT2D eigenvalue weighted by molar-refractivity contribution is 9.10. The van der Waals surface area contributed by atoms with Gasteiger partial charge in [0.2, 0.25) is 0 Å². The summed E-state index contributed by atoms with van der Waals surface area (Å²) < 4.78 is 0.516. The number of phenolic OH excluding ortho intramolecular Hbond substituents is 1. The Bertz CT molecular complexity index is 603. The number of carboxylic acid groups (broad SMARTS) is 1. The van der Waals surface area contributed by atoms with Crippen LogP contribution in [0.3, 0.4) is 0 Å². The number of carboxylic acids is 1. The van der Waals surface area contributed by atoms with Gasteiger partial charge in [-0.1, -0.05) is 0 Å². The van der Waals surface area contributed by atoms with E-state index in [0.29, 0.717) is 10.0 Å². The van der Waals surface area contributed by atoms with Gasteiger partial charge in [-0.15, -0.1) is 0 Å². The fraction of sp³-hybridized carbons (Fsp3) is 0.467. The van der Waals surface area contributed by atoms with Crippen molar-refractivity contribution in [3.05, 3.63) is 28.2 Å². The summed E-state index contributed by atoms with van der Waals surface area (Å²) in [6.07, 6.45) is 2.80. The van der Waals surface area contributed by atoms with Crippen LogP contribution in [0.5, 0.6) is 5.75 Å². The number of rotatable bonds is 3. The smallest absolute Gasteiger partial charge is 0.308 e. The van der Waals surface area contributed by atoms with E-state index in [1.807, 2.05) is 0 Å². The van der Waals surface area contributed by atoms with Crippen molar-refractivity contribution in [3.63, 3.8) is 0 Å². The average Bonchev–Trinajstić information content (AvgIpc) is 3.02. The highest BCUT2D eigenvalue weighted by atomic mass is 79.9. The van der Waals surface area contributed by atoms with Gasteiger partial charge in [0.15, 0.2) is 0 Å². The molecule has 112 valence electrons. The van der Waals surface area contributed by atoms with Gasteiger partial charge in [-0.2, -0.15) is 0 Å². The maximum Gasteiger partial charge on any atom is 0.308 e. The molecule has 0 heterocycles. The summed E-state index contributed by atoms with van der Waals surface area (Å²) in [5.74, 6) is -1.23. The van der Waals surface area contributed by atoms with Crippen molar-refractivity contribution in [2.24, 2.45) is 17.8 Å². The molecule has 0 spiro atoms. The molecule has 5 nitrogen and oxygen atoms in total. The average molecular weight is 354 g/mol. The minimum absolute atomic E-state index is 0.00891. The van der Waals surface area contributed by atoms with Crippen molar-refractivity contribution in [2.45, 2.75) is 25.3 Å². The Morgan fingerprint density at radius 3 is 2.62 bits per heavy atom. The third kappa shape index (κ3) is 2.52. The van der Waals surface area contributed by atoms with E-state index in [-0.39, 0.29) is 29.5 Å². The molecule has 21 heavy (non-hydrogen) atoms. The molecule has 1 aromatic rings. The van der Waals surface area contributed by atoms with E-state index in [1.54, 1.807) is 12.1 Å². The normalized spacial score (nSPS) is 30.3. The summed E-state index contributed by atoms with van der Waals surface area (Å²) in [6.45, 7) is 0. The van der Waals surface area contributed by atoms with E-state index in [0.717, 1.165) is 19.3 Å². The largest absolute Gasteiger partial charge is 0.507 e. The van der Waals surface area contributed by atoms with Gasteiger partial charge in [-0.3, -0.25) is 9.59 Å². The summed E-state index contributed by atoms with van der Waals surface area (Å²) in [6, 6.07) is 4.27. The molecule has 1 amide bonds. The molecule has 0 radical (unpaired) electrons.